The van der Waals surface area contributed by atoms with E-state index >= 15 is 0 Å². The van der Waals surface area contributed by atoms with Crippen molar-refractivity contribution in [2.75, 3.05) is 17.8 Å². The third-order valence-corrected chi connectivity index (χ3v) is 5.20. The van der Waals surface area contributed by atoms with Gasteiger partial charge in [0.05, 0.1) is 0 Å². The molecule has 0 aliphatic carbocycles. The van der Waals surface area contributed by atoms with Crippen LogP contribution in [0.15, 0.2) is 11.6 Å². The first-order valence-electron chi connectivity index (χ1n) is 4.07. The molecule has 3 nitrogen and oxygen atoms in total. The predicted octanol–water partition coefficient (Wildman–Crippen LogP) is 1.86. The Kier molecular flexibility index (Phi) is 3.83. The summed E-state index contributed by atoms with van der Waals surface area (Å²) in [5.74, 6) is 0. The molecule has 0 aromatic carbocycles. The summed E-state index contributed by atoms with van der Waals surface area (Å²) in [6.45, 7) is -0.317. The molecular formula is C7H9BrF3NO2S. The van der Waals surface area contributed by atoms with Crippen LogP contribution in [-0.2, 0) is 10.0 Å². The molecule has 0 saturated carbocycles. The number of halogens is 4. The highest BCUT2D eigenvalue weighted by Crippen LogP contribution is 2.30. The highest BCUT2D eigenvalue weighted by atomic mass is 79.9. The van der Waals surface area contributed by atoms with Crippen LogP contribution in [0.1, 0.15) is 6.42 Å². The average molecular weight is 308 g/mol. The fourth-order valence-electron chi connectivity index (χ4n) is 1.23. The maximum atomic E-state index is 12.2. The minimum absolute atomic E-state index is 0.112. The summed E-state index contributed by atoms with van der Waals surface area (Å²) < 4.78 is 59.9. The molecule has 0 N–H and O–H groups in total. The van der Waals surface area contributed by atoms with Crippen LogP contribution < -0.4 is 0 Å². The number of nitrogens with zero attached hydrogens (tertiary/aromatic N) is 1. The van der Waals surface area contributed by atoms with Crippen LogP contribution in [0.3, 0.4) is 0 Å². The van der Waals surface area contributed by atoms with Crippen molar-refractivity contribution in [1.82, 2.24) is 4.31 Å². The Hall–Kier alpha value is -0.0800. The number of sulfonamides is 1. The van der Waals surface area contributed by atoms with E-state index in [2.05, 4.69) is 15.9 Å². The first-order valence-corrected chi connectivity index (χ1v) is 6.80. The van der Waals surface area contributed by atoms with Crippen LogP contribution in [0, 0.1) is 0 Å². The summed E-state index contributed by atoms with van der Waals surface area (Å²) in [5.41, 5.74) is -0.650. The first kappa shape index (κ1) is 13.0. The van der Waals surface area contributed by atoms with Crippen molar-refractivity contribution >= 4 is 26.0 Å². The van der Waals surface area contributed by atoms with Gasteiger partial charge in [0.2, 0.25) is 10.0 Å². The third kappa shape index (κ3) is 3.18. The molecule has 0 spiro atoms. The molecule has 8 heteroatoms. The summed E-state index contributed by atoms with van der Waals surface area (Å²) >= 11 is 2.79. The van der Waals surface area contributed by atoms with Crippen molar-refractivity contribution in [1.29, 1.82) is 0 Å². The molecule has 1 heterocycles. The SMILES string of the molecule is O=S(=O)(CBr)N1CC=C(C(F)(F)F)CC1. The quantitative estimate of drug-likeness (QED) is 0.577. The summed E-state index contributed by atoms with van der Waals surface area (Å²) in [6, 6.07) is 0. The van der Waals surface area contributed by atoms with Crippen molar-refractivity contribution in [2.45, 2.75) is 12.6 Å². The van der Waals surface area contributed by atoms with Gasteiger partial charge in [0, 0.05) is 18.7 Å². The lowest BCUT2D eigenvalue weighted by Crippen LogP contribution is -2.37. The van der Waals surface area contributed by atoms with Crippen LogP contribution in [0.25, 0.3) is 0 Å². The maximum Gasteiger partial charge on any atom is 0.412 e. The molecule has 0 bridgehead atoms. The van der Waals surface area contributed by atoms with Crippen molar-refractivity contribution in [3.63, 3.8) is 0 Å². The largest absolute Gasteiger partial charge is 0.412 e. The van der Waals surface area contributed by atoms with E-state index in [4.69, 9.17) is 0 Å². The van der Waals surface area contributed by atoms with Gasteiger partial charge in [-0.2, -0.15) is 17.5 Å². The Morgan fingerprint density at radius 3 is 2.40 bits per heavy atom. The Morgan fingerprint density at radius 1 is 1.47 bits per heavy atom. The molecule has 0 aromatic heterocycles. The lowest BCUT2D eigenvalue weighted by atomic mass is 10.1. The molecule has 1 aliphatic heterocycles. The van der Waals surface area contributed by atoms with Gasteiger partial charge in [0.25, 0.3) is 0 Å². The van der Waals surface area contributed by atoms with Gasteiger partial charge in [-0.15, -0.1) is 0 Å². The number of alkyl halides is 4. The molecule has 0 atom stereocenters. The van der Waals surface area contributed by atoms with Crippen molar-refractivity contribution in [2.24, 2.45) is 0 Å². The molecule has 0 amide bonds. The second kappa shape index (κ2) is 4.42. The van der Waals surface area contributed by atoms with Gasteiger partial charge in [-0.1, -0.05) is 22.0 Å². The number of hydrogen-bond donors (Lipinski definition) is 0. The predicted molar refractivity (Wildman–Crippen MR) is 53.0 cm³/mol. The Balaban J connectivity index is 2.75. The van der Waals surface area contributed by atoms with Gasteiger partial charge in [-0.3, -0.25) is 0 Å². The highest BCUT2D eigenvalue weighted by molar-refractivity contribution is 9.10. The van der Waals surface area contributed by atoms with Gasteiger partial charge in [-0.25, -0.2) is 8.42 Å². The molecule has 0 unspecified atom stereocenters. The first-order chi connectivity index (χ1) is 6.77. The van der Waals surface area contributed by atoms with Crippen molar-refractivity contribution in [3.8, 4) is 0 Å². The van der Waals surface area contributed by atoms with E-state index in [1.807, 2.05) is 0 Å². The molecule has 0 fully saturated rings. The van der Waals surface area contributed by atoms with Crippen LogP contribution in [-0.4, -0.2) is 36.7 Å². The van der Waals surface area contributed by atoms with E-state index in [1.54, 1.807) is 0 Å². The van der Waals surface area contributed by atoms with Crippen molar-refractivity contribution in [3.05, 3.63) is 11.6 Å². The molecular weight excluding hydrogens is 299 g/mol. The molecule has 0 radical (unpaired) electrons. The topological polar surface area (TPSA) is 37.4 Å². The zero-order chi connectivity index (χ0) is 11.7. The lowest BCUT2D eigenvalue weighted by molar-refractivity contribution is -0.0953. The van der Waals surface area contributed by atoms with E-state index < -0.39 is 21.8 Å². The Labute approximate surface area is 94.1 Å². The zero-order valence-electron chi connectivity index (χ0n) is 7.59. The van der Waals surface area contributed by atoms with Gasteiger partial charge in [0.1, 0.15) is 4.66 Å². The normalized spacial score (nSPS) is 20.1. The van der Waals surface area contributed by atoms with E-state index in [9.17, 15) is 21.6 Å². The fraction of sp³-hybridized carbons (Fsp3) is 0.714. The standard InChI is InChI=1S/C7H9BrF3NO2S/c8-5-15(13,14)12-3-1-6(2-4-12)7(9,10)11/h1H,2-5H2. The van der Waals surface area contributed by atoms with Gasteiger partial charge >= 0.3 is 6.18 Å². The Bertz CT molecular complexity index is 363. The molecule has 1 rings (SSSR count). The monoisotopic (exact) mass is 307 g/mol. The fourth-order valence-corrected chi connectivity index (χ4v) is 2.91. The molecule has 0 saturated heterocycles. The van der Waals surface area contributed by atoms with Crippen LogP contribution in [0.4, 0.5) is 13.2 Å². The Morgan fingerprint density at radius 2 is 2.07 bits per heavy atom. The summed E-state index contributed by atoms with van der Waals surface area (Å²) in [7, 11) is -3.45. The van der Waals surface area contributed by atoms with E-state index in [1.165, 1.54) is 0 Å². The third-order valence-electron chi connectivity index (χ3n) is 2.07. The molecule has 88 valence electrons. The van der Waals surface area contributed by atoms with Gasteiger partial charge in [-0.05, 0) is 6.42 Å². The maximum absolute atomic E-state index is 12.2. The minimum Gasteiger partial charge on any atom is -0.211 e. The summed E-state index contributed by atoms with van der Waals surface area (Å²) in [4.78, 5) is 0. The average Bonchev–Trinajstić information content (AvgIpc) is 2.17. The van der Waals surface area contributed by atoms with Crippen molar-refractivity contribution < 1.29 is 21.6 Å². The van der Waals surface area contributed by atoms with E-state index in [0.717, 1.165) is 10.4 Å². The van der Waals surface area contributed by atoms with Gasteiger partial charge in [0.15, 0.2) is 0 Å². The van der Waals surface area contributed by atoms with Crippen LogP contribution in [0.5, 0.6) is 0 Å². The minimum atomic E-state index is -4.34. The number of rotatable bonds is 2. The second-order valence-corrected chi connectivity index (χ2v) is 6.33. The molecule has 1 aliphatic rings. The molecule has 0 aromatic rings. The smallest absolute Gasteiger partial charge is 0.211 e. The van der Waals surface area contributed by atoms with Crippen LogP contribution >= 0.6 is 15.9 Å². The lowest BCUT2D eigenvalue weighted by Gasteiger charge is -2.25. The second-order valence-electron chi connectivity index (χ2n) is 3.06. The zero-order valence-corrected chi connectivity index (χ0v) is 9.99. The van der Waals surface area contributed by atoms with E-state index in [0.29, 0.717) is 0 Å². The van der Waals surface area contributed by atoms with Gasteiger partial charge < -0.3 is 0 Å². The summed E-state index contributed by atoms with van der Waals surface area (Å²) in [5, 5.41) is 0. The van der Waals surface area contributed by atoms with Crippen LogP contribution in [0.2, 0.25) is 0 Å². The number of hydrogen-bond acceptors (Lipinski definition) is 2. The highest BCUT2D eigenvalue weighted by Gasteiger charge is 2.36. The van der Waals surface area contributed by atoms with E-state index in [-0.39, 0.29) is 24.2 Å². The molecule has 15 heavy (non-hydrogen) atoms. The summed E-state index contributed by atoms with van der Waals surface area (Å²) in [6.07, 6.45) is -3.70.